The van der Waals surface area contributed by atoms with E-state index in [1.54, 1.807) is 36.4 Å². The number of aromatic nitrogens is 3. The van der Waals surface area contributed by atoms with Crippen molar-refractivity contribution in [1.82, 2.24) is 24.6 Å². The van der Waals surface area contributed by atoms with Crippen molar-refractivity contribution in [2.24, 2.45) is 0 Å². The smallest absolute Gasteiger partial charge is 0.255 e. The maximum Gasteiger partial charge on any atom is 0.255 e. The van der Waals surface area contributed by atoms with Crippen LogP contribution in [0.3, 0.4) is 0 Å². The number of aliphatic hydroxyl groups is 1. The van der Waals surface area contributed by atoms with Crippen molar-refractivity contribution in [1.29, 1.82) is 0 Å². The molecule has 0 saturated carbocycles. The first-order valence-electron chi connectivity index (χ1n) is 12.6. The molecule has 3 N–H and O–H groups in total. The first-order chi connectivity index (χ1) is 18.5. The van der Waals surface area contributed by atoms with E-state index in [0.29, 0.717) is 37.7 Å². The second-order valence-corrected chi connectivity index (χ2v) is 9.29. The summed E-state index contributed by atoms with van der Waals surface area (Å²) in [7, 11) is 0. The van der Waals surface area contributed by atoms with Crippen molar-refractivity contribution in [2.45, 2.75) is 19.4 Å². The van der Waals surface area contributed by atoms with Gasteiger partial charge < -0.3 is 29.8 Å². The van der Waals surface area contributed by atoms with Crippen LogP contribution in [0.1, 0.15) is 22.8 Å². The summed E-state index contributed by atoms with van der Waals surface area (Å²) in [5, 5.41) is 15.3. The summed E-state index contributed by atoms with van der Waals surface area (Å²) >= 11 is 0. The van der Waals surface area contributed by atoms with Gasteiger partial charge in [0.05, 0.1) is 37.5 Å². The first-order valence-corrected chi connectivity index (χ1v) is 12.6. The number of rotatable bonds is 8. The Morgan fingerprint density at radius 3 is 2.71 bits per heavy atom. The van der Waals surface area contributed by atoms with Crippen LogP contribution in [-0.2, 0) is 16.0 Å². The summed E-state index contributed by atoms with van der Waals surface area (Å²) in [4.78, 5) is 35.8. The lowest BCUT2D eigenvalue weighted by molar-refractivity contribution is -0.121. The molecule has 5 rings (SSSR count). The third kappa shape index (κ3) is 5.82. The zero-order chi connectivity index (χ0) is 26.5. The van der Waals surface area contributed by atoms with Gasteiger partial charge in [0.1, 0.15) is 5.82 Å². The number of morpholine rings is 1. The van der Waals surface area contributed by atoms with Crippen molar-refractivity contribution < 1.29 is 19.4 Å². The molecular formula is C28H30N6O4. The van der Waals surface area contributed by atoms with Gasteiger partial charge >= 0.3 is 0 Å². The molecule has 10 nitrogen and oxygen atoms in total. The molecule has 0 bridgehead atoms. The van der Waals surface area contributed by atoms with Crippen LogP contribution in [0, 0.1) is 0 Å². The normalized spacial score (nSPS) is 14.3. The Balaban J connectivity index is 1.36. The molecule has 38 heavy (non-hydrogen) atoms. The number of hydrogen-bond donors (Lipinski definition) is 3. The number of imidazole rings is 1. The lowest BCUT2D eigenvalue weighted by atomic mass is 10.0. The molecule has 1 aliphatic heterocycles. The van der Waals surface area contributed by atoms with Crippen molar-refractivity contribution in [3.63, 3.8) is 0 Å². The lowest BCUT2D eigenvalue weighted by Crippen LogP contribution is -2.40. The van der Waals surface area contributed by atoms with Crippen molar-refractivity contribution in [3.8, 4) is 11.1 Å². The molecule has 196 valence electrons. The zero-order valence-electron chi connectivity index (χ0n) is 21.1. The summed E-state index contributed by atoms with van der Waals surface area (Å²) in [5.74, 6) is 0.399. The number of aliphatic hydroxyl groups excluding tert-OH is 1. The number of hydrogen-bond acceptors (Lipinski definition) is 7. The van der Waals surface area contributed by atoms with Crippen molar-refractivity contribution in [3.05, 3.63) is 78.4 Å². The molecule has 1 aliphatic rings. The monoisotopic (exact) mass is 514 g/mol. The number of amides is 2. The zero-order valence-corrected chi connectivity index (χ0v) is 21.1. The molecule has 4 heterocycles. The summed E-state index contributed by atoms with van der Waals surface area (Å²) in [5.41, 5.74) is 4.77. The maximum absolute atomic E-state index is 12.7. The van der Waals surface area contributed by atoms with Crippen LogP contribution in [-0.4, -0.2) is 75.1 Å². The fourth-order valence-electron chi connectivity index (χ4n) is 4.38. The van der Waals surface area contributed by atoms with Crippen LogP contribution in [0.5, 0.6) is 0 Å². The molecule has 0 spiro atoms. The molecule has 2 amide bonds. The molecule has 1 fully saturated rings. The maximum atomic E-state index is 12.7. The average molecular weight is 515 g/mol. The van der Waals surface area contributed by atoms with E-state index in [2.05, 4.69) is 20.6 Å². The van der Waals surface area contributed by atoms with E-state index < -0.39 is 0 Å². The van der Waals surface area contributed by atoms with E-state index in [1.165, 1.54) is 0 Å². The van der Waals surface area contributed by atoms with E-state index in [-0.39, 0.29) is 30.9 Å². The van der Waals surface area contributed by atoms with E-state index in [4.69, 9.17) is 4.74 Å². The third-order valence-corrected chi connectivity index (χ3v) is 6.37. The Morgan fingerprint density at radius 2 is 1.95 bits per heavy atom. The van der Waals surface area contributed by atoms with Gasteiger partial charge in [0.2, 0.25) is 5.91 Å². The highest BCUT2D eigenvalue weighted by molar-refractivity contribution is 5.94. The fourth-order valence-corrected chi connectivity index (χ4v) is 4.38. The number of carbonyl (C=O) groups is 2. The van der Waals surface area contributed by atoms with Crippen LogP contribution < -0.4 is 10.6 Å². The van der Waals surface area contributed by atoms with Gasteiger partial charge in [0.25, 0.3) is 5.91 Å². The predicted octanol–water partition coefficient (Wildman–Crippen LogP) is 2.65. The quantitative estimate of drug-likeness (QED) is 0.331. The van der Waals surface area contributed by atoms with Crippen LogP contribution in [0.2, 0.25) is 0 Å². The standard InChI is InChI=1S/C28H30N6O4/c1-19(18-35)31-26(36)14-20-3-2-4-21(13-20)23-15-24(27-29-7-8-34(27)17-23)32-25-6-5-22(16-30-25)28(37)33-9-11-38-12-10-33/h2-8,13,15-17,19,35H,9-12,14,18H2,1H3,(H,30,32)(H,31,36)/t19-/m0/s1. The topological polar surface area (TPSA) is 121 Å². The van der Waals surface area contributed by atoms with E-state index >= 15 is 0 Å². The van der Waals surface area contributed by atoms with Gasteiger partial charge in [-0.15, -0.1) is 0 Å². The second kappa shape index (κ2) is 11.4. The highest BCUT2D eigenvalue weighted by Crippen LogP contribution is 2.28. The van der Waals surface area contributed by atoms with Crippen molar-refractivity contribution >= 4 is 29.0 Å². The summed E-state index contributed by atoms with van der Waals surface area (Å²) in [6.45, 7) is 3.92. The second-order valence-electron chi connectivity index (χ2n) is 9.29. The van der Waals surface area contributed by atoms with Crippen LogP contribution in [0.4, 0.5) is 11.5 Å². The Bertz CT molecular complexity index is 1430. The van der Waals surface area contributed by atoms with Crippen LogP contribution >= 0.6 is 0 Å². The number of ether oxygens (including phenoxy) is 1. The van der Waals surface area contributed by atoms with E-state index in [0.717, 1.165) is 28.0 Å². The number of anilines is 2. The molecular weight excluding hydrogens is 484 g/mol. The van der Waals surface area contributed by atoms with Gasteiger partial charge in [-0.05, 0) is 36.2 Å². The van der Waals surface area contributed by atoms with Gasteiger partial charge in [0.15, 0.2) is 5.65 Å². The number of pyridine rings is 2. The van der Waals surface area contributed by atoms with Crippen molar-refractivity contribution in [2.75, 3.05) is 38.2 Å². The third-order valence-electron chi connectivity index (χ3n) is 6.37. The molecule has 10 heteroatoms. The highest BCUT2D eigenvalue weighted by Gasteiger charge is 2.19. The van der Waals surface area contributed by atoms with E-state index in [9.17, 15) is 14.7 Å². The Hall–Kier alpha value is -4.28. The van der Waals surface area contributed by atoms with Gasteiger partial charge in [-0.3, -0.25) is 9.59 Å². The predicted molar refractivity (Wildman–Crippen MR) is 143 cm³/mol. The largest absolute Gasteiger partial charge is 0.394 e. The Kier molecular flexibility index (Phi) is 7.62. The highest BCUT2D eigenvalue weighted by atomic mass is 16.5. The number of benzene rings is 1. The van der Waals surface area contributed by atoms with Gasteiger partial charge in [0, 0.05) is 49.5 Å². The number of nitrogens with one attached hydrogen (secondary N) is 2. The van der Waals surface area contributed by atoms with Gasteiger partial charge in [-0.25, -0.2) is 9.97 Å². The molecule has 1 saturated heterocycles. The molecule has 0 radical (unpaired) electrons. The minimum Gasteiger partial charge on any atom is -0.394 e. The lowest BCUT2D eigenvalue weighted by Gasteiger charge is -2.26. The summed E-state index contributed by atoms with van der Waals surface area (Å²) in [6.07, 6.45) is 7.38. The summed E-state index contributed by atoms with van der Waals surface area (Å²) < 4.78 is 7.26. The Labute approximate surface area is 220 Å². The SMILES string of the molecule is C[C@@H](CO)NC(=O)Cc1cccc(-c2cc(Nc3ccc(C(=O)N4CCOCC4)cn3)c3nccn3c2)c1. The molecule has 0 aliphatic carbocycles. The first kappa shape index (κ1) is 25.4. The fraction of sp³-hybridized carbons (Fsp3) is 0.286. The van der Waals surface area contributed by atoms with Gasteiger partial charge in [-0.1, -0.05) is 24.3 Å². The molecule has 0 unspecified atom stereocenters. The van der Waals surface area contributed by atoms with Crippen LogP contribution in [0.25, 0.3) is 16.8 Å². The molecule has 3 aromatic heterocycles. The molecule has 4 aromatic rings. The minimum atomic E-state index is -0.289. The Morgan fingerprint density at radius 1 is 1.11 bits per heavy atom. The van der Waals surface area contributed by atoms with E-state index in [1.807, 2.05) is 47.1 Å². The molecule has 1 aromatic carbocycles. The average Bonchev–Trinajstić information content (AvgIpc) is 3.43. The molecule has 1 atom stereocenters. The number of nitrogens with zero attached hydrogens (tertiary/aromatic N) is 4. The summed E-state index contributed by atoms with van der Waals surface area (Å²) in [6, 6.07) is 13.1. The number of carbonyl (C=O) groups excluding carboxylic acids is 2. The minimum absolute atomic E-state index is 0.0515. The van der Waals surface area contributed by atoms with Gasteiger partial charge in [-0.2, -0.15) is 0 Å². The van der Waals surface area contributed by atoms with Crippen LogP contribution in [0.15, 0.2) is 67.3 Å². The number of fused-ring (bicyclic) bond motifs is 1.